The Kier molecular flexibility index (Phi) is 2.87. The van der Waals surface area contributed by atoms with E-state index in [-0.39, 0.29) is 11.4 Å². The minimum atomic E-state index is -0.592. The molecule has 0 aromatic rings. The van der Waals surface area contributed by atoms with E-state index >= 15 is 0 Å². The summed E-state index contributed by atoms with van der Waals surface area (Å²) in [5.74, 6) is 0.438. The summed E-state index contributed by atoms with van der Waals surface area (Å²) in [7, 11) is 0. The number of carbonyl (C=O) groups excluding carboxylic acids is 1. The molecule has 3 nitrogen and oxygen atoms in total. The van der Waals surface area contributed by atoms with Gasteiger partial charge in [0.1, 0.15) is 5.60 Å². The van der Waals surface area contributed by atoms with E-state index < -0.39 is 16.6 Å². The Morgan fingerprint density at radius 2 is 1.95 bits per heavy atom. The van der Waals surface area contributed by atoms with Gasteiger partial charge in [0.25, 0.3) is 0 Å². The normalized spacial score (nSPS) is 46.5. The second-order valence-electron chi connectivity index (χ2n) is 8.85. The van der Waals surface area contributed by atoms with Crippen LogP contribution in [0.25, 0.3) is 0 Å². The van der Waals surface area contributed by atoms with Crippen LogP contribution in [0.4, 0.5) is 0 Å². The molecule has 3 heteroatoms. The number of esters is 1. The summed E-state index contributed by atoms with van der Waals surface area (Å²) < 4.78 is 6.04. The Labute approximate surface area is 122 Å². The number of hydrogen-bond acceptors (Lipinski definition) is 3. The lowest BCUT2D eigenvalue weighted by Gasteiger charge is -2.63. The molecule has 4 saturated carbocycles. The predicted octanol–water partition coefficient (Wildman–Crippen LogP) is 3.44. The van der Waals surface area contributed by atoms with Crippen molar-refractivity contribution in [1.29, 1.82) is 0 Å². The van der Waals surface area contributed by atoms with Crippen molar-refractivity contribution in [2.75, 3.05) is 0 Å². The molecule has 0 aromatic heterocycles. The van der Waals surface area contributed by atoms with E-state index in [9.17, 15) is 9.90 Å². The van der Waals surface area contributed by atoms with Crippen molar-refractivity contribution in [2.45, 2.75) is 83.8 Å². The molecule has 0 amide bonds. The van der Waals surface area contributed by atoms with Crippen LogP contribution in [0, 0.1) is 16.7 Å². The molecule has 0 aliphatic heterocycles. The third-order valence-corrected chi connectivity index (χ3v) is 6.01. The summed E-state index contributed by atoms with van der Waals surface area (Å²) in [5.41, 5.74) is -1.26. The van der Waals surface area contributed by atoms with Gasteiger partial charge in [-0.1, -0.05) is 13.8 Å². The maximum absolute atomic E-state index is 12.5. The molecule has 4 rings (SSSR count). The Bertz CT molecular complexity index is 422. The van der Waals surface area contributed by atoms with Crippen LogP contribution in [-0.2, 0) is 9.53 Å². The lowest BCUT2D eigenvalue weighted by atomic mass is 9.47. The summed E-state index contributed by atoms with van der Waals surface area (Å²) in [6.45, 7) is 8.18. The molecule has 4 bridgehead atoms. The summed E-state index contributed by atoms with van der Waals surface area (Å²) in [5, 5.41) is 10.8. The number of carbonyl (C=O) groups is 1. The first kappa shape index (κ1) is 14.4. The maximum Gasteiger partial charge on any atom is 0.312 e. The zero-order chi connectivity index (χ0) is 14.8. The van der Waals surface area contributed by atoms with Gasteiger partial charge in [0.15, 0.2) is 0 Å². The molecule has 0 radical (unpaired) electrons. The van der Waals surface area contributed by atoms with Crippen molar-refractivity contribution >= 4 is 5.97 Å². The fourth-order valence-corrected chi connectivity index (χ4v) is 5.36. The van der Waals surface area contributed by atoms with E-state index in [2.05, 4.69) is 6.92 Å². The largest absolute Gasteiger partial charge is 0.459 e. The van der Waals surface area contributed by atoms with Crippen LogP contribution >= 0.6 is 0 Å². The highest BCUT2D eigenvalue weighted by Gasteiger charge is 2.63. The van der Waals surface area contributed by atoms with Crippen LogP contribution in [0.1, 0.15) is 72.6 Å². The highest BCUT2D eigenvalue weighted by atomic mass is 16.6. The SMILES string of the molecule is CCC(C)(C)C(=O)OC12CC3CC(C)(CC(O)(C3)C1)C2. The molecule has 114 valence electrons. The van der Waals surface area contributed by atoms with Crippen molar-refractivity contribution in [2.24, 2.45) is 16.7 Å². The highest BCUT2D eigenvalue weighted by Crippen LogP contribution is 2.64. The molecule has 4 unspecified atom stereocenters. The minimum Gasteiger partial charge on any atom is -0.459 e. The molecule has 0 spiro atoms. The van der Waals surface area contributed by atoms with Gasteiger partial charge in [-0.2, -0.15) is 0 Å². The van der Waals surface area contributed by atoms with Crippen LogP contribution in [-0.4, -0.2) is 22.3 Å². The lowest BCUT2D eigenvalue weighted by molar-refractivity contribution is -0.243. The lowest BCUT2D eigenvalue weighted by Crippen LogP contribution is -2.64. The molecule has 4 aliphatic carbocycles. The van der Waals surface area contributed by atoms with Crippen LogP contribution in [0.5, 0.6) is 0 Å². The zero-order valence-electron chi connectivity index (χ0n) is 13.3. The Morgan fingerprint density at radius 3 is 2.50 bits per heavy atom. The first-order valence-corrected chi connectivity index (χ1v) is 8.05. The second kappa shape index (κ2) is 4.00. The van der Waals surface area contributed by atoms with E-state index in [0.717, 1.165) is 32.1 Å². The van der Waals surface area contributed by atoms with Gasteiger partial charge in [0, 0.05) is 6.42 Å². The van der Waals surface area contributed by atoms with Crippen molar-refractivity contribution in [1.82, 2.24) is 0 Å². The predicted molar refractivity (Wildman–Crippen MR) is 77.1 cm³/mol. The number of ether oxygens (including phenoxy) is 1. The Hall–Kier alpha value is -0.570. The average molecular weight is 280 g/mol. The monoisotopic (exact) mass is 280 g/mol. The quantitative estimate of drug-likeness (QED) is 0.806. The first-order valence-electron chi connectivity index (χ1n) is 8.05. The molecule has 0 saturated heterocycles. The van der Waals surface area contributed by atoms with Gasteiger partial charge in [-0.15, -0.1) is 0 Å². The Morgan fingerprint density at radius 1 is 1.25 bits per heavy atom. The molecule has 0 aromatic carbocycles. The van der Waals surface area contributed by atoms with Crippen LogP contribution in [0.2, 0.25) is 0 Å². The molecule has 4 aliphatic rings. The van der Waals surface area contributed by atoms with Crippen LogP contribution < -0.4 is 0 Å². The molecule has 1 N–H and O–H groups in total. The van der Waals surface area contributed by atoms with E-state index in [1.54, 1.807) is 0 Å². The average Bonchev–Trinajstić information content (AvgIpc) is 2.22. The molecule has 0 heterocycles. The van der Waals surface area contributed by atoms with Gasteiger partial charge < -0.3 is 9.84 Å². The van der Waals surface area contributed by atoms with Crippen molar-refractivity contribution in [3.63, 3.8) is 0 Å². The second-order valence-corrected chi connectivity index (χ2v) is 8.85. The third-order valence-electron chi connectivity index (χ3n) is 6.01. The molecule has 4 fully saturated rings. The molecular weight excluding hydrogens is 252 g/mol. The first-order chi connectivity index (χ1) is 9.10. The van der Waals surface area contributed by atoms with E-state index in [4.69, 9.17) is 4.74 Å². The summed E-state index contributed by atoms with van der Waals surface area (Å²) >= 11 is 0. The van der Waals surface area contributed by atoms with Crippen LogP contribution in [0.15, 0.2) is 0 Å². The van der Waals surface area contributed by atoms with E-state index in [1.807, 2.05) is 20.8 Å². The Balaban J connectivity index is 1.84. The summed E-state index contributed by atoms with van der Waals surface area (Å²) in [4.78, 5) is 12.5. The van der Waals surface area contributed by atoms with E-state index in [0.29, 0.717) is 12.3 Å². The minimum absolute atomic E-state index is 0.0887. The number of rotatable bonds is 3. The molecular formula is C17H28O3. The van der Waals surface area contributed by atoms with Crippen molar-refractivity contribution in [3.8, 4) is 0 Å². The van der Waals surface area contributed by atoms with Gasteiger partial charge in [-0.3, -0.25) is 4.79 Å². The van der Waals surface area contributed by atoms with Crippen molar-refractivity contribution in [3.05, 3.63) is 0 Å². The van der Waals surface area contributed by atoms with Crippen molar-refractivity contribution < 1.29 is 14.6 Å². The zero-order valence-corrected chi connectivity index (χ0v) is 13.3. The summed E-state index contributed by atoms with van der Waals surface area (Å²) in [6, 6.07) is 0. The maximum atomic E-state index is 12.5. The number of aliphatic hydroxyl groups is 1. The topological polar surface area (TPSA) is 46.5 Å². The fourth-order valence-electron chi connectivity index (χ4n) is 5.36. The molecule has 20 heavy (non-hydrogen) atoms. The van der Waals surface area contributed by atoms with Gasteiger partial charge in [0.2, 0.25) is 0 Å². The third kappa shape index (κ3) is 2.18. The smallest absolute Gasteiger partial charge is 0.312 e. The van der Waals surface area contributed by atoms with Gasteiger partial charge >= 0.3 is 5.97 Å². The van der Waals surface area contributed by atoms with Gasteiger partial charge in [-0.25, -0.2) is 0 Å². The van der Waals surface area contributed by atoms with Gasteiger partial charge in [-0.05, 0) is 63.7 Å². The summed E-state index contributed by atoms with van der Waals surface area (Å²) in [6.07, 6.45) is 6.29. The fraction of sp³-hybridized carbons (Fsp3) is 0.941. The highest BCUT2D eigenvalue weighted by molar-refractivity contribution is 5.76. The standard InChI is InChI=1S/C17H28O3/c1-5-14(2,3)13(18)20-17-8-12-6-15(4,10-17)9-16(19,7-12)11-17/h12,19H,5-11H2,1-4H3. The number of hydrogen-bond donors (Lipinski definition) is 1. The van der Waals surface area contributed by atoms with E-state index in [1.165, 1.54) is 6.42 Å². The van der Waals surface area contributed by atoms with Gasteiger partial charge in [0.05, 0.1) is 11.0 Å². The molecule has 4 atom stereocenters. The van der Waals surface area contributed by atoms with Crippen LogP contribution in [0.3, 0.4) is 0 Å².